The zero-order chi connectivity index (χ0) is 18.0. The zero-order valence-corrected chi connectivity index (χ0v) is 14.2. The minimum absolute atomic E-state index is 0.410. The summed E-state index contributed by atoms with van der Waals surface area (Å²) >= 11 is 0. The number of aryl methyl sites for hydroxylation is 1. The molecule has 1 aromatic rings. The van der Waals surface area contributed by atoms with E-state index >= 15 is 0 Å². The molecule has 2 aliphatic carbocycles. The van der Waals surface area contributed by atoms with Gasteiger partial charge >= 0.3 is 11.9 Å². The van der Waals surface area contributed by atoms with Gasteiger partial charge in [0.2, 0.25) is 0 Å². The van der Waals surface area contributed by atoms with Crippen LogP contribution in [0.3, 0.4) is 0 Å². The lowest BCUT2D eigenvalue weighted by atomic mass is 9.66. The number of nitrogens with one attached hydrogen (secondary N) is 1. The molecule has 1 aromatic carbocycles. The summed E-state index contributed by atoms with van der Waals surface area (Å²) in [7, 11) is 0. The number of rotatable bonds is 3. The fourth-order valence-corrected chi connectivity index (χ4v) is 4.63. The summed E-state index contributed by atoms with van der Waals surface area (Å²) in [6.45, 7) is 4.55. The number of carboxylic acid groups (broad SMARTS) is 2. The summed E-state index contributed by atoms with van der Waals surface area (Å²) in [5.41, 5.74) is 3.34. The molecule has 5 heteroatoms. The molecule has 0 aromatic heterocycles. The van der Waals surface area contributed by atoms with Crippen molar-refractivity contribution in [1.29, 1.82) is 0 Å². The van der Waals surface area contributed by atoms with Gasteiger partial charge in [0.05, 0.1) is 0 Å². The first-order valence-electron chi connectivity index (χ1n) is 8.53. The van der Waals surface area contributed by atoms with Crippen molar-refractivity contribution in [3.8, 4) is 0 Å². The van der Waals surface area contributed by atoms with Crippen LogP contribution in [0.2, 0.25) is 0 Å². The lowest BCUT2D eigenvalue weighted by molar-refractivity contribution is -0.134. The smallest absolute Gasteiger partial charge is 0.328 e. The molecule has 5 nitrogen and oxygen atoms in total. The number of hydrogen-bond acceptors (Lipinski definition) is 3. The van der Waals surface area contributed by atoms with Crippen LogP contribution in [0, 0.1) is 24.7 Å². The van der Waals surface area contributed by atoms with E-state index in [9.17, 15) is 9.59 Å². The van der Waals surface area contributed by atoms with E-state index in [2.05, 4.69) is 48.7 Å². The van der Waals surface area contributed by atoms with Crippen molar-refractivity contribution >= 4 is 11.9 Å². The van der Waals surface area contributed by atoms with Gasteiger partial charge in [-0.1, -0.05) is 42.0 Å². The summed E-state index contributed by atoms with van der Waals surface area (Å²) in [6, 6.07) is 9.28. The maximum atomic E-state index is 9.55. The number of allylic oxidation sites excluding steroid dienone is 2. The summed E-state index contributed by atoms with van der Waals surface area (Å²) in [5, 5.41) is 19.3. The molecule has 1 aliphatic heterocycles. The van der Waals surface area contributed by atoms with Gasteiger partial charge in [-0.05, 0) is 43.2 Å². The van der Waals surface area contributed by atoms with Gasteiger partial charge in [0.25, 0.3) is 0 Å². The van der Waals surface area contributed by atoms with Crippen molar-refractivity contribution in [3.05, 3.63) is 59.7 Å². The molecular weight excluding hydrogens is 318 g/mol. The Labute approximate surface area is 147 Å². The van der Waals surface area contributed by atoms with Crippen LogP contribution in [0.25, 0.3) is 0 Å². The molecule has 2 fully saturated rings. The van der Waals surface area contributed by atoms with Crippen LogP contribution in [-0.2, 0) is 15.0 Å². The standard InChI is InChI=1S/C16H19N.C4H4O4/c1-11-2-5-13(6-3-11)16-10-17-9-15(16)12-4-7-14(16)8-12;5-3(6)1-2-4(7)8/h2-7,12,14-15,17H,8-10H2,1H3;1-2H,(H,5,6)(H,7,8)/b;2-1-. The summed E-state index contributed by atoms with van der Waals surface area (Å²) in [5.74, 6) is -0.0773. The van der Waals surface area contributed by atoms with E-state index in [1.165, 1.54) is 25.1 Å². The van der Waals surface area contributed by atoms with E-state index in [-0.39, 0.29) is 0 Å². The third-order valence-corrected chi connectivity index (χ3v) is 5.70. The van der Waals surface area contributed by atoms with Gasteiger partial charge in [0.1, 0.15) is 0 Å². The summed E-state index contributed by atoms with van der Waals surface area (Å²) in [6.07, 6.45) is 7.45. The molecule has 1 heterocycles. The number of fused-ring (bicyclic) bond motifs is 5. The zero-order valence-electron chi connectivity index (χ0n) is 14.2. The van der Waals surface area contributed by atoms with Crippen LogP contribution in [-0.4, -0.2) is 35.2 Å². The SMILES string of the molecule is Cc1ccc(C23CNCC2C2C=CC3C2)cc1.O=C(O)/C=C\C(=O)O. The Hall–Kier alpha value is -2.40. The lowest BCUT2D eigenvalue weighted by Gasteiger charge is -2.36. The Morgan fingerprint density at radius 3 is 2.36 bits per heavy atom. The average molecular weight is 341 g/mol. The largest absolute Gasteiger partial charge is 0.478 e. The average Bonchev–Trinajstić information content (AvgIpc) is 3.27. The molecule has 4 atom stereocenters. The van der Waals surface area contributed by atoms with Crippen LogP contribution in [0.15, 0.2) is 48.6 Å². The number of hydrogen-bond donors (Lipinski definition) is 3. The molecule has 0 amide bonds. The molecule has 3 aliphatic rings. The summed E-state index contributed by atoms with van der Waals surface area (Å²) < 4.78 is 0. The Morgan fingerprint density at radius 2 is 1.76 bits per heavy atom. The van der Waals surface area contributed by atoms with Crippen molar-refractivity contribution in [3.63, 3.8) is 0 Å². The van der Waals surface area contributed by atoms with Crippen molar-refractivity contribution in [1.82, 2.24) is 5.32 Å². The van der Waals surface area contributed by atoms with Crippen molar-refractivity contribution in [2.45, 2.75) is 18.8 Å². The fourth-order valence-electron chi connectivity index (χ4n) is 4.63. The van der Waals surface area contributed by atoms with Gasteiger partial charge in [0.15, 0.2) is 0 Å². The minimum atomic E-state index is -1.26. The maximum absolute atomic E-state index is 9.55. The van der Waals surface area contributed by atoms with Crippen LogP contribution < -0.4 is 5.32 Å². The number of carbonyl (C=O) groups is 2. The molecule has 4 rings (SSSR count). The Balaban J connectivity index is 0.000000197. The lowest BCUT2D eigenvalue weighted by Crippen LogP contribution is -2.38. The predicted molar refractivity (Wildman–Crippen MR) is 94.4 cm³/mol. The predicted octanol–water partition coefficient (Wildman–Crippen LogP) is 2.37. The van der Waals surface area contributed by atoms with Gasteiger partial charge in [0, 0.05) is 24.1 Å². The van der Waals surface area contributed by atoms with Gasteiger partial charge in [-0.25, -0.2) is 9.59 Å². The molecular formula is C20H23NO4. The van der Waals surface area contributed by atoms with Crippen LogP contribution in [0.5, 0.6) is 0 Å². The number of benzene rings is 1. The van der Waals surface area contributed by atoms with Crippen molar-refractivity contribution in [2.75, 3.05) is 13.1 Å². The van der Waals surface area contributed by atoms with E-state index in [0.717, 1.165) is 17.8 Å². The van der Waals surface area contributed by atoms with Gasteiger partial charge in [-0.15, -0.1) is 0 Å². The van der Waals surface area contributed by atoms with Gasteiger partial charge < -0.3 is 15.5 Å². The third-order valence-electron chi connectivity index (χ3n) is 5.70. The Kier molecular flexibility index (Phi) is 4.77. The normalized spacial score (nSPS) is 31.6. The van der Waals surface area contributed by atoms with E-state index < -0.39 is 11.9 Å². The molecule has 0 radical (unpaired) electrons. The highest BCUT2D eigenvalue weighted by molar-refractivity contribution is 5.89. The van der Waals surface area contributed by atoms with Gasteiger partial charge in [-0.2, -0.15) is 0 Å². The molecule has 2 bridgehead atoms. The van der Waals surface area contributed by atoms with Crippen LogP contribution >= 0.6 is 0 Å². The number of carboxylic acids is 2. The molecule has 3 N–H and O–H groups in total. The minimum Gasteiger partial charge on any atom is -0.478 e. The molecule has 25 heavy (non-hydrogen) atoms. The van der Waals surface area contributed by atoms with Crippen molar-refractivity contribution in [2.24, 2.45) is 17.8 Å². The van der Waals surface area contributed by atoms with E-state index in [4.69, 9.17) is 10.2 Å². The van der Waals surface area contributed by atoms with Crippen molar-refractivity contribution < 1.29 is 19.8 Å². The highest BCUT2D eigenvalue weighted by Gasteiger charge is 2.58. The molecule has 4 unspecified atom stereocenters. The fraction of sp³-hybridized carbons (Fsp3) is 0.400. The van der Waals surface area contributed by atoms with Gasteiger partial charge in [-0.3, -0.25) is 0 Å². The first-order chi connectivity index (χ1) is 11.9. The van der Waals surface area contributed by atoms with E-state index in [0.29, 0.717) is 17.6 Å². The second kappa shape index (κ2) is 6.84. The first-order valence-corrected chi connectivity index (χ1v) is 8.53. The monoisotopic (exact) mass is 341 g/mol. The second-order valence-corrected chi connectivity index (χ2v) is 7.04. The number of aliphatic carboxylic acids is 2. The highest BCUT2D eigenvalue weighted by Crippen LogP contribution is 2.58. The Morgan fingerprint density at radius 1 is 1.12 bits per heavy atom. The highest BCUT2D eigenvalue weighted by atomic mass is 16.4. The summed E-state index contributed by atoms with van der Waals surface area (Å²) in [4.78, 5) is 19.1. The maximum Gasteiger partial charge on any atom is 0.328 e. The third kappa shape index (κ3) is 3.24. The van der Waals surface area contributed by atoms with E-state index in [1.54, 1.807) is 5.56 Å². The van der Waals surface area contributed by atoms with E-state index in [1.807, 2.05) is 0 Å². The molecule has 1 saturated carbocycles. The van der Waals surface area contributed by atoms with Crippen LogP contribution in [0.1, 0.15) is 17.5 Å². The molecule has 1 saturated heterocycles. The first kappa shape index (κ1) is 17.4. The quantitative estimate of drug-likeness (QED) is 0.580. The Bertz CT molecular complexity index is 706. The molecule has 132 valence electrons. The molecule has 0 spiro atoms. The second-order valence-electron chi connectivity index (χ2n) is 7.04. The topological polar surface area (TPSA) is 86.6 Å². The van der Waals surface area contributed by atoms with Crippen LogP contribution in [0.4, 0.5) is 0 Å².